The van der Waals surface area contributed by atoms with E-state index in [1.807, 2.05) is 34.6 Å². The Morgan fingerprint density at radius 1 is 1.11 bits per heavy atom. The van der Waals surface area contributed by atoms with Crippen LogP contribution in [0.2, 0.25) is 0 Å². The van der Waals surface area contributed by atoms with E-state index < -0.39 is 0 Å². The van der Waals surface area contributed by atoms with Crippen LogP contribution in [0.25, 0.3) is 0 Å². The van der Waals surface area contributed by atoms with Crippen LogP contribution in [-0.2, 0) is 0 Å². The first-order valence-corrected chi connectivity index (χ1v) is 6.27. The van der Waals surface area contributed by atoms with Crippen LogP contribution in [0.15, 0.2) is 12.1 Å². The van der Waals surface area contributed by atoms with Crippen molar-refractivity contribution in [2.24, 2.45) is 0 Å². The molecule has 0 spiro atoms. The summed E-state index contributed by atoms with van der Waals surface area (Å²) in [6, 6.07) is 3.53. The van der Waals surface area contributed by atoms with Crippen molar-refractivity contribution in [3.63, 3.8) is 0 Å². The summed E-state index contributed by atoms with van der Waals surface area (Å²) in [5.41, 5.74) is 5.79. The quantitative estimate of drug-likeness (QED) is 0.892. The maximum atomic E-state index is 5.85. The number of nitrogens with two attached hydrogens (primary N) is 1. The van der Waals surface area contributed by atoms with Crippen LogP contribution in [0.1, 0.15) is 48.0 Å². The van der Waals surface area contributed by atoms with E-state index in [0.29, 0.717) is 17.4 Å². The number of hydrogen-bond donors (Lipinski definition) is 1. The summed E-state index contributed by atoms with van der Waals surface area (Å²) in [6.45, 7) is 12.0. The Morgan fingerprint density at radius 2 is 1.72 bits per heavy atom. The van der Waals surface area contributed by atoms with E-state index in [0.717, 1.165) is 6.42 Å². The van der Waals surface area contributed by atoms with Crippen molar-refractivity contribution in [3.05, 3.63) is 12.1 Å². The molecule has 2 N–H and O–H groups in total. The Morgan fingerprint density at radius 3 is 2.22 bits per heavy atom. The lowest BCUT2D eigenvalue weighted by atomic mass is 10.1. The summed E-state index contributed by atoms with van der Waals surface area (Å²) in [4.78, 5) is 4.32. The summed E-state index contributed by atoms with van der Waals surface area (Å²) in [7, 11) is 0. The molecule has 1 aromatic rings. The van der Waals surface area contributed by atoms with Gasteiger partial charge >= 0.3 is 0 Å². The van der Waals surface area contributed by atoms with Gasteiger partial charge in [0.25, 0.3) is 0 Å². The van der Waals surface area contributed by atoms with Crippen molar-refractivity contribution in [2.75, 3.05) is 5.73 Å². The molecule has 0 radical (unpaired) electrons. The van der Waals surface area contributed by atoms with Gasteiger partial charge in [0.05, 0.1) is 5.69 Å². The largest absolute Gasteiger partial charge is 0.472 e. The fourth-order valence-electron chi connectivity index (χ4n) is 1.22. The molecule has 4 heteroatoms. The van der Waals surface area contributed by atoms with E-state index >= 15 is 0 Å². The molecule has 102 valence electrons. The predicted octanol–water partition coefficient (Wildman–Crippen LogP) is 3.41. The van der Waals surface area contributed by atoms with Gasteiger partial charge in [-0.25, -0.2) is 0 Å². The van der Waals surface area contributed by atoms with E-state index in [1.165, 1.54) is 0 Å². The molecule has 18 heavy (non-hydrogen) atoms. The number of hydrogen-bond acceptors (Lipinski definition) is 4. The van der Waals surface area contributed by atoms with Crippen molar-refractivity contribution in [1.82, 2.24) is 4.98 Å². The van der Waals surface area contributed by atoms with E-state index in [4.69, 9.17) is 15.2 Å². The zero-order valence-electron chi connectivity index (χ0n) is 12.2. The molecule has 0 amide bonds. The standard InChI is InChI=1S/C14H24N2O2/c1-7-14(5,6)17-11-9-8-10(15)12(16-11)18-13(2,3)4/h8-9H,7,15H2,1-6H3. The normalized spacial score (nSPS) is 12.3. The number of nitrogens with zero attached hydrogens (tertiary/aromatic N) is 1. The third kappa shape index (κ3) is 4.43. The maximum Gasteiger partial charge on any atom is 0.241 e. The summed E-state index contributed by atoms with van der Waals surface area (Å²) >= 11 is 0. The highest BCUT2D eigenvalue weighted by Gasteiger charge is 2.20. The summed E-state index contributed by atoms with van der Waals surface area (Å²) in [5, 5.41) is 0. The van der Waals surface area contributed by atoms with Crippen molar-refractivity contribution in [2.45, 2.75) is 59.2 Å². The average molecular weight is 252 g/mol. The van der Waals surface area contributed by atoms with E-state index in [9.17, 15) is 0 Å². The van der Waals surface area contributed by atoms with Gasteiger partial charge in [-0.15, -0.1) is 0 Å². The highest BCUT2D eigenvalue weighted by Crippen LogP contribution is 2.28. The van der Waals surface area contributed by atoms with Crippen LogP contribution in [0.3, 0.4) is 0 Å². The van der Waals surface area contributed by atoms with Crippen molar-refractivity contribution in [1.29, 1.82) is 0 Å². The Balaban J connectivity index is 2.94. The molecule has 0 saturated carbocycles. The van der Waals surface area contributed by atoms with Crippen molar-refractivity contribution >= 4 is 5.69 Å². The van der Waals surface area contributed by atoms with Gasteiger partial charge in [0, 0.05) is 6.07 Å². The Hall–Kier alpha value is -1.45. The molecule has 0 aliphatic carbocycles. The second-order valence-electron chi connectivity index (χ2n) is 5.97. The Bertz CT molecular complexity index is 409. The van der Waals surface area contributed by atoms with Gasteiger partial charge in [0.2, 0.25) is 11.8 Å². The third-order valence-electron chi connectivity index (χ3n) is 2.50. The van der Waals surface area contributed by atoms with Crippen LogP contribution in [0.4, 0.5) is 5.69 Å². The summed E-state index contributed by atoms with van der Waals surface area (Å²) in [6.07, 6.45) is 0.897. The molecule has 1 heterocycles. The topological polar surface area (TPSA) is 57.4 Å². The molecule has 0 aliphatic heterocycles. The lowest BCUT2D eigenvalue weighted by molar-refractivity contribution is 0.0923. The molecule has 0 aromatic carbocycles. The molecule has 0 aliphatic rings. The molecular weight excluding hydrogens is 228 g/mol. The van der Waals surface area contributed by atoms with Crippen LogP contribution in [0.5, 0.6) is 11.8 Å². The van der Waals surface area contributed by atoms with Gasteiger partial charge in [0.15, 0.2) is 0 Å². The molecule has 0 bridgehead atoms. The van der Waals surface area contributed by atoms with Crippen molar-refractivity contribution in [3.8, 4) is 11.8 Å². The number of nitrogen functional groups attached to an aromatic ring is 1. The van der Waals surface area contributed by atoms with Gasteiger partial charge in [-0.3, -0.25) is 0 Å². The highest BCUT2D eigenvalue weighted by molar-refractivity contribution is 5.49. The average Bonchev–Trinajstić information content (AvgIpc) is 2.21. The van der Waals surface area contributed by atoms with Crippen LogP contribution < -0.4 is 15.2 Å². The first-order valence-electron chi connectivity index (χ1n) is 6.27. The third-order valence-corrected chi connectivity index (χ3v) is 2.50. The zero-order valence-corrected chi connectivity index (χ0v) is 12.2. The second-order valence-corrected chi connectivity index (χ2v) is 5.97. The molecule has 0 unspecified atom stereocenters. The minimum atomic E-state index is -0.333. The number of pyridine rings is 1. The monoisotopic (exact) mass is 252 g/mol. The van der Waals surface area contributed by atoms with E-state index in [-0.39, 0.29) is 11.2 Å². The fourth-order valence-corrected chi connectivity index (χ4v) is 1.22. The van der Waals surface area contributed by atoms with Crippen LogP contribution in [0, 0.1) is 0 Å². The number of aromatic nitrogens is 1. The van der Waals surface area contributed by atoms with Gasteiger partial charge < -0.3 is 15.2 Å². The molecular formula is C14H24N2O2. The smallest absolute Gasteiger partial charge is 0.241 e. The lowest BCUT2D eigenvalue weighted by Crippen LogP contribution is -2.28. The van der Waals surface area contributed by atoms with Gasteiger partial charge in [-0.1, -0.05) is 6.92 Å². The first kappa shape index (κ1) is 14.6. The minimum absolute atomic E-state index is 0.248. The summed E-state index contributed by atoms with van der Waals surface area (Å²) in [5.74, 6) is 0.960. The highest BCUT2D eigenvalue weighted by atomic mass is 16.5. The SMILES string of the molecule is CCC(C)(C)Oc1ccc(N)c(OC(C)(C)C)n1. The Kier molecular flexibility index (Phi) is 4.09. The zero-order chi connectivity index (χ0) is 14.0. The van der Waals surface area contributed by atoms with E-state index in [2.05, 4.69) is 11.9 Å². The van der Waals surface area contributed by atoms with Crippen molar-refractivity contribution < 1.29 is 9.47 Å². The van der Waals surface area contributed by atoms with Gasteiger partial charge in [-0.2, -0.15) is 4.98 Å². The Labute approximate surface area is 110 Å². The fraction of sp³-hybridized carbons (Fsp3) is 0.643. The second kappa shape index (κ2) is 5.04. The predicted molar refractivity (Wildman–Crippen MR) is 74.0 cm³/mol. The van der Waals surface area contributed by atoms with Crippen LogP contribution in [-0.4, -0.2) is 16.2 Å². The minimum Gasteiger partial charge on any atom is -0.472 e. The van der Waals surface area contributed by atoms with Crippen LogP contribution >= 0.6 is 0 Å². The number of ether oxygens (including phenoxy) is 2. The molecule has 0 atom stereocenters. The maximum absolute atomic E-state index is 5.85. The number of anilines is 1. The van der Waals surface area contributed by atoms with Gasteiger partial charge in [-0.05, 0) is 47.1 Å². The van der Waals surface area contributed by atoms with E-state index in [1.54, 1.807) is 12.1 Å². The lowest BCUT2D eigenvalue weighted by Gasteiger charge is -2.25. The van der Waals surface area contributed by atoms with Gasteiger partial charge in [0.1, 0.15) is 11.2 Å². The first-order chi connectivity index (χ1) is 8.13. The number of rotatable bonds is 4. The molecule has 1 aromatic heterocycles. The molecule has 0 saturated heterocycles. The molecule has 0 fully saturated rings. The summed E-state index contributed by atoms with van der Waals surface area (Å²) < 4.78 is 11.5. The molecule has 1 rings (SSSR count). The molecule has 4 nitrogen and oxygen atoms in total.